The molecule has 0 bridgehead atoms. The highest BCUT2D eigenvalue weighted by Crippen LogP contribution is 2.49. The molecule has 1 spiro atoms. The lowest BCUT2D eigenvalue weighted by Gasteiger charge is -2.44. The van der Waals surface area contributed by atoms with Crippen LogP contribution in [-0.4, -0.2) is 68.2 Å². The van der Waals surface area contributed by atoms with E-state index in [1.807, 2.05) is 24.3 Å². The van der Waals surface area contributed by atoms with Crippen molar-refractivity contribution >= 4 is 23.4 Å². The monoisotopic (exact) mass is 489 g/mol. The first-order chi connectivity index (χ1) is 17.5. The molecule has 0 saturated carbocycles. The van der Waals surface area contributed by atoms with E-state index < -0.39 is 5.41 Å². The van der Waals surface area contributed by atoms with Crippen LogP contribution in [0.3, 0.4) is 0 Å². The Morgan fingerprint density at radius 3 is 2.53 bits per heavy atom. The van der Waals surface area contributed by atoms with Gasteiger partial charge in [0, 0.05) is 42.3 Å². The van der Waals surface area contributed by atoms with Crippen LogP contribution in [0.25, 0.3) is 5.57 Å². The van der Waals surface area contributed by atoms with Crippen molar-refractivity contribution in [3.8, 4) is 0 Å². The number of fused-ring (bicyclic) bond motifs is 2. The number of piperidine rings is 2. The minimum absolute atomic E-state index is 0.107. The summed E-state index contributed by atoms with van der Waals surface area (Å²) >= 11 is 0. The van der Waals surface area contributed by atoms with Crippen LogP contribution in [0.4, 0.5) is 10.1 Å². The summed E-state index contributed by atoms with van der Waals surface area (Å²) in [4.78, 5) is 24.8. The molecule has 1 amide bonds. The molecule has 0 atom stereocenters. The van der Waals surface area contributed by atoms with Crippen molar-refractivity contribution in [3.63, 3.8) is 0 Å². The van der Waals surface area contributed by atoms with Crippen molar-refractivity contribution in [3.05, 3.63) is 71.2 Å². The molecule has 2 aromatic rings. The number of anilines is 1. The van der Waals surface area contributed by atoms with Gasteiger partial charge in [0.2, 0.25) is 5.91 Å². The van der Waals surface area contributed by atoms with Crippen LogP contribution < -0.4 is 10.6 Å². The van der Waals surface area contributed by atoms with Gasteiger partial charge in [-0.15, -0.1) is 0 Å². The highest BCUT2D eigenvalue weighted by atomic mass is 19.1. The number of allylic oxidation sites excluding steroid dienone is 1. The predicted octanol–water partition coefficient (Wildman–Crippen LogP) is 3.80. The number of nitrogens with zero attached hydrogens (tertiary/aromatic N) is 4. The second-order valence-electron chi connectivity index (χ2n) is 10.4. The van der Waals surface area contributed by atoms with Crippen LogP contribution in [0.15, 0.2) is 53.7 Å². The predicted molar refractivity (Wildman–Crippen MR) is 144 cm³/mol. The maximum atomic E-state index is 15.2. The van der Waals surface area contributed by atoms with Gasteiger partial charge in [0.1, 0.15) is 5.82 Å². The molecule has 6 nitrogen and oxygen atoms in total. The number of hydrogen-bond donors (Lipinski definition) is 1. The number of rotatable bonds is 5. The maximum absolute atomic E-state index is 15.2. The third-order valence-corrected chi connectivity index (χ3v) is 8.38. The van der Waals surface area contributed by atoms with E-state index >= 15 is 4.39 Å². The standard InChI is InChI=1S/C29H36FN5O/c1-32-19-23(18-31)21-7-8-22(26(30)17-21)20-35-27-6-4-3-5-25(27)29(28(35)36)11-15-34(16-12-29)24-9-13-33(2)14-10-24/h3-8,17-19,24H,9-16,20,31H2,1-2H3/b23-18+,32-19?. The Hall–Kier alpha value is -3.03. The van der Waals surface area contributed by atoms with Crippen molar-refractivity contribution in [2.75, 3.05) is 45.2 Å². The Bertz CT molecular complexity index is 1180. The second-order valence-corrected chi connectivity index (χ2v) is 10.4. The SMILES string of the molecule is CN=C/C(=C\N)c1ccc(CN2C(=O)C3(CCN(C4CCN(C)CC4)CC3)c3ccccc32)c(F)c1. The van der Waals surface area contributed by atoms with E-state index in [2.05, 4.69) is 27.9 Å². The number of para-hydroxylation sites is 1. The van der Waals surface area contributed by atoms with Gasteiger partial charge in [-0.25, -0.2) is 4.39 Å². The van der Waals surface area contributed by atoms with E-state index in [1.54, 1.807) is 24.2 Å². The molecule has 5 rings (SSSR count). The Balaban J connectivity index is 1.37. The van der Waals surface area contributed by atoms with Gasteiger partial charge >= 0.3 is 0 Å². The van der Waals surface area contributed by atoms with Crippen molar-refractivity contribution < 1.29 is 9.18 Å². The summed E-state index contributed by atoms with van der Waals surface area (Å²) in [6, 6.07) is 13.8. The van der Waals surface area contributed by atoms with E-state index in [4.69, 9.17) is 5.73 Å². The fourth-order valence-electron chi connectivity index (χ4n) is 6.25. The topological polar surface area (TPSA) is 65.2 Å². The van der Waals surface area contributed by atoms with Crippen LogP contribution in [-0.2, 0) is 16.8 Å². The summed E-state index contributed by atoms with van der Waals surface area (Å²) in [5.74, 6) is -0.240. The quantitative estimate of drug-likeness (QED) is 0.649. The summed E-state index contributed by atoms with van der Waals surface area (Å²) in [7, 11) is 3.84. The molecule has 3 heterocycles. The third kappa shape index (κ3) is 4.35. The molecule has 36 heavy (non-hydrogen) atoms. The van der Waals surface area contributed by atoms with Crippen LogP contribution in [0.2, 0.25) is 0 Å². The van der Waals surface area contributed by atoms with Gasteiger partial charge in [-0.3, -0.25) is 9.79 Å². The molecular formula is C29H36FN5O. The van der Waals surface area contributed by atoms with Crippen molar-refractivity contribution in [1.29, 1.82) is 0 Å². The van der Waals surface area contributed by atoms with Crippen molar-refractivity contribution in [1.82, 2.24) is 9.80 Å². The largest absolute Gasteiger partial charge is 0.404 e. The summed E-state index contributed by atoms with van der Waals surface area (Å²) in [6.45, 7) is 4.35. The highest BCUT2D eigenvalue weighted by Gasteiger charge is 2.52. The van der Waals surface area contributed by atoms with Crippen LogP contribution in [0, 0.1) is 5.82 Å². The van der Waals surface area contributed by atoms with E-state index in [1.165, 1.54) is 25.1 Å². The number of carbonyl (C=O) groups excluding carboxylic acids is 1. The minimum atomic E-state index is -0.512. The lowest BCUT2D eigenvalue weighted by atomic mass is 9.73. The first kappa shape index (κ1) is 24.7. The smallest absolute Gasteiger partial charge is 0.238 e. The van der Waals surface area contributed by atoms with E-state index in [9.17, 15) is 4.79 Å². The molecule has 3 aliphatic heterocycles. The number of amides is 1. The Labute approximate surface area is 213 Å². The van der Waals surface area contributed by atoms with Crippen molar-refractivity contribution in [2.24, 2.45) is 10.7 Å². The van der Waals surface area contributed by atoms with Gasteiger partial charge in [-0.1, -0.05) is 30.3 Å². The summed E-state index contributed by atoms with van der Waals surface area (Å²) in [6.07, 6.45) is 7.04. The number of nitrogens with two attached hydrogens (primary N) is 1. The normalized spacial score (nSPS) is 21.6. The minimum Gasteiger partial charge on any atom is -0.404 e. The average Bonchev–Trinajstić information content (AvgIpc) is 3.12. The Morgan fingerprint density at radius 1 is 1.14 bits per heavy atom. The number of aliphatic imine (C=N–C) groups is 1. The van der Waals surface area contributed by atoms with Gasteiger partial charge in [0.15, 0.2) is 0 Å². The number of likely N-dealkylation sites (tertiary alicyclic amines) is 2. The molecule has 7 heteroatoms. The average molecular weight is 490 g/mol. The number of benzene rings is 2. The zero-order valence-corrected chi connectivity index (χ0v) is 21.3. The zero-order chi connectivity index (χ0) is 25.3. The molecule has 0 aromatic heterocycles. The maximum Gasteiger partial charge on any atom is 0.238 e. The fourth-order valence-corrected chi connectivity index (χ4v) is 6.25. The zero-order valence-electron chi connectivity index (χ0n) is 21.3. The molecule has 0 aliphatic carbocycles. The van der Waals surface area contributed by atoms with Crippen molar-refractivity contribution in [2.45, 2.75) is 43.7 Å². The van der Waals surface area contributed by atoms with Crippen LogP contribution in [0.1, 0.15) is 42.4 Å². The molecule has 190 valence electrons. The molecule has 3 aliphatic rings. The van der Waals surface area contributed by atoms with Crippen LogP contribution >= 0.6 is 0 Å². The van der Waals surface area contributed by atoms with Gasteiger partial charge in [0.05, 0.1) is 12.0 Å². The van der Waals surface area contributed by atoms with E-state index in [0.29, 0.717) is 22.7 Å². The molecule has 2 N–H and O–H groups in total. The Morgan fingerprint density at radius 2 is 1.86 bits per heavy atom. The number of halogens is 1. The summed E-state index contributed by atoms with van der Waals surface area (Å²) in [5, 5.41) is 0. The Kier molecular flexibility index (Phi) is 6.95. The molecule has 2 aromatic carbocycles. The fraction of sp³-hybridized carbons (Fsp3) is 0.448. The molecular weight excluding hydrogens is 453 g/mol. The number of carbonyl (C=O) groups is 1. The van der Waals surface area contributed by atoms with Gasteiger partial charge < -0.3 is 20.4 Å². The first-order valence-corrected chi connectivity index (χ1v) is 12.9. The summed E-state index contributed by atoms with van der Waals surface area (Å²) < 4.78 is 15.2. The first-order valence-electron chi connectivity index (χ1n) is 12.9. The molecule has 0 unspecified atom stereocenters. The van der Waals surface area contributed by atoms with Crippen LogP contribution in [0.5, 0.6) is 0 Å². The van der Waals surface area contributed by atoms with Gasteiger partial charge in [0.25, 0.3) is 0 Å². The molecule has 2 fully saturated rings. The summed E-state index contributed by atoms with van der Waals surface area (Å²) in [5.41, 5.74) is 9.00. The molecule has 2 saturated heterocycles. The third-order valence-electron chi connectivity index (χ3n) is 8.38. The van der Waals surface area contributed by atoms with Gasteiger partial charge in [-0.2, -0.15) is 0 Å². The molecule has 0 radical (unpaired) electrons. The lowest BCUT2D eigenvalue weighted by molar-refractivity contribution is -0.125. The lowest BCUT2D eigenvalue weighted by Crippen LogP contribution is -2.53. The number of hydrogen-bond acceptors (Lipinski definition) is 5. The van der Waals surface area contributed by atoms with E-state index in [-0.39, 0.29) is 18.3 Å². The van der Waals surface area contributed by atoms with E-state index in [0.717, 1.165) is 50.3 Å². The van der Waals surface area contributed by atoms with Gasteiger partial charge in [-0.05, 0) is 82.2 Å². The second kappa shape index (κ2) is 10.1. The highest BCUT2D eigenvalue weighted by molar-refractivity contribution is 6.10.